The minimum Gasteiger partial charge on any atom is -0.481 e. The predicted octanol–water partition coefficient (Wildman–Crippen LogP) is 6.65. The summed E-state index contributed by atoms with van der Waals surface area (Å²) in [4.78, 5) is 17.9. The summed E-state index contributed by atoms with van der Waals surface area (Å²) < 4.78 is 44.7. The van der Waals surface area contributed by atoms with E-state index in [0.717, 1.165) is 22.8 Å². The number of para-hydroxylation sites is 1. The van der Waals surface area contributed by atoms with Crippen LogP contribution in [0.2, 0.25) is 0 Å². The lowest BCUT2D eigenvalue weighted by atomic mass is 9.98. The number of sulfonamides is 1. The van der Waals surface area contributed by atoms with E-state index in [4.69, 9.17) is 13.6 Å². The molecule has 0 aliphatic heterocycles. The summed E-state index contributed by atoms with van der Waals surface area (Å²) in [5, 5.41) is 4.16. The molecule has 0 fully saturated rings. The molecule has 0 bridgehead atoms. The molecule has 3 aromatic heterocycles. The molecule has 0 aliphatic rings. The second-order valence-electron chi connectivity index (χ2n) is 10.3. The van der Waals surface area contributed by atoms with Crippen molar-refractivity contribution in [2.24, 2.45) is 0 Å². The number of furan rings is 2. The highest BCUT2D eigenvalue weighted by Gasteiger charge is 2.26. The average molecular weight is 596 g/mol. The standard InChI is InChI=1S/C33H29N3O6S/c1-19-10-12-20(13-11-19)32-31(33(37)34-2)24-17-23(26(18-28(24)42-32)36(3)43(5,38)39)22-14-25(35-30(16-22)40-4)29-15-21-8-6-7-9-27(21)41-29/h6-18H,1-5H3,(H,34,37). The van der Waals surface area contributed by atoms with Gasteiger partial charge >= 0.3 is 0 Å². The highest BCUT2D eigenvalue weighted by molar-refractivity contribution is 7.92. The van der Waals surface area contributed by atoms with Gasteiger partial charge in [-0.3, -0.25) is 9.10 Å². The molecule has 9 nitrogen and oxygen atoms in total. The van der Waals surface area contributed by atoms with Crippen molar-refractivity contribution in [3.63, 3.8) is 0 Å². The van der Waals surface area contributed by atoms with Gasteiger partial charge in [0.25, 0.3) is 5.91 Å². The molecule has 0 spiro atoms. The second-order valence-corrected chi connectivity index (χ2v) is 12.3. The summed E-state index contributed by atoms with van der Waals surface area (Å²) >= 11 is 0. The number of aromatic nitrogens is 1. The van der Waals surface area contributed by atoms with Gasteiger partial charge < -0.3 is 18.9 Å². The maximum Gasteiger partial charge on any atom is 0.255 e. The first-order valence-electron chi connectivity index (χ1n) is 13.5. The first kappa shape index (κ1) is 28.0. The Hall–Kier alpha value is -5.09. The van der Waals surface area contributed by atoms with Crippen LogP contribution in [0.4, 0.5) is 5.69 Å². The smallest absolute Gasteiger partial charge is 0.255 e. The van der Waals surface area contributed by atoms with Crippen molar-refractivity contribution in [2.45, 2.75) is 6.92 Å². The number of rotatable bonds is 7. The fourth-order valence-electron chi connectivity index (χ4n) is 5.06. The SMILES string of the molecule is CNC(=O)c1c(-c2ccc(C)cc2)oc2cc(N(C)S(C)(=O)=O)c(-c3cc(OC)nc(-c4cc5ccccc5o4)c3)cc12. The molecule has 0 saturated heterocycles. The number of ether oxygens (including phenoxy) is 1. The van der Waals surface area contributed by atoms with E-state index < -0.39 is 10.0 Å². The van der Waals surface area contributed by atoms with E-state index in [2.05, 4.69) is 10.3 Å². The Morgan fingerprint density at radius 3 is 2.35 bits per heavy atom. The van der Waals surface area contributed by atoms with Crippen LogP contribution in [0.1, 0.15) is 15.9 Å². The zero-order chi connectivity index (χ0) is 30.5. The van der Waals surface area contributed by atoms with Crippen molar-refractivity contribution >= 4 is 43.6 Å². The maximum absolute atomic E-state index is 13.3. The molecule has 10 heteroatoms. The van der Waals surface area contributed by atoms with Gasteiger partial charge in [-0.25, -0.2) is 13.4 Å². The largest absolute Gasteiger partial charge is 0.481 e. The number of carbonyl (C=O) groups is 1. The summed E-state index contributed by atoms with van der Waals surface area (Å²) in [7, 11) is 0.854. The summed E-state index contributed by atoms with van der Waals surface area (Å²) in [5.74, 6) is 0.881. The number of nitrogens with zero attached hydrogens (tertiary/aromatic N) is 2. The molecule has 3 heterocycles. The van der Waals surface area contributed by atoms with E-state index in [-0.39, 0.29) is 5.91 Å². The summed E-state index contributed by atoms with van der Waals surface area (Å²) in [6, 6.07) is 24.1. The lowest BCUT2D eigenvalue weighted by Gasteiger charge is -2.21. The first-order chi connectivity index (χ1) is 20.6. The molecule has 3 aromatic carbocycles. The minimum atomic E-state index is -3.68. The van der Waals surface area contributed by atoms with Crippen LogP contribution in [0.25, 0.3) is 55.8 Å². The average Bonchev–Trinajstić information content (AvgIpc) is 3.61. The molecule has 0 radical (unpaired) electrons. The number of methoxy groups -OCH3 is 1. The molecule has 218 valence electrons. The summed E-state index contributed by atoms with van der Waals surface area (Å²) in [6.45, 7) is 1.98. The number of fused-ring (bicyclic) bond motifs is 2. The normalized spacial score (nSPS) is 11.7. The van der Waals surface area contributed by atoms with Crippen molar-refractivity contribution in [3.05, 3.63) is 90.0 Å². The maximum atomic E-state index is 13.3. The van der Waals surface area contributed by atoms with Gasteiger partial charge in [-0.15, -0.1) is 0 Å². The van der Waals surface area contributed by atoms with Crippen LogP contribution in [0.5, 0.6) is 5.88 Å². The Morgan fingerprint density at radius 1 is 0.930 bits per heavy atom. The van der Waals surface area contributed by atoms with Crippen LogP contribution in [-0.2, 0) is 10.0 Å². The molecule has 1 N–H and O–H groups in total. The number of nitrogens with one attached hydrogen (secondary N) is 1. The lowest BCUT2D eigenvalue weighted by molar-refractivity contribution is 0.0964. The first-order valence-corrected chi connectivity index (χ1v) is 15.3. The van der Waals surface area contributed by atoms with Crippen molar-refractivity contribution in [3.8, 4) is 39.8 Å². The van der Waals surface area contributed by atoms with Crippen molar-refractivity contribution in [1.29, 1.82) is 0 Å². The van der Waals surface area contributed by atoms with Gasteiger partial charge in [0.2, 0.25) is 15.9 Å². The number of hydrogen-bond donors (Lipinski definition) is 1. The fraction of sp³-hybridized carbons (Fsp3) is 0.152. The van der Waals surface area contributed by atoms with Gasteiger partial charge in [0.1, 0.15) is 22.6 Å². The number of aryl methyl sites for hydroxylation is 1. The Balaban J connectivity index is 1.64. The topological polar surface area (TPSA) is 115 Å². The lowest BCUT2D eigenvalue weighted by Crippen LogP contribution is -2.25. The quantitative estimate of drug-likeness (QED) is 0.220. The Kier molecular flexibility index (Phi) is 6.94. The second kappa shape index (κ2) is 10.6. The van der Waals surface area contributed by atoms with Gasteiger partial charge in [0.05, 0.1) is 24.6 Å². The zero-order valence-corrected chi connectivity index (χ0v) is 25.1. The van der Waals surface area contributed by atoms with Gasteiger partial charge in [0, 0.05) is 48.1 Å². The molecule has 43 heavy (non-hydrogen) atoms. The summed E-state index contributed by atoms with van der Waals surface area (Å²) in [6.07, 6.45) is 1.13. The van der Waals surface area contributed by atoms with E-state index in [9.17, 15) is 13.2 Å². The van der Waals surface area contributed by atoms with Gasteiger partial charge in [0.15, 0.2) is 5.76 Å². The molecular weight excluding hydrogens is 566 g/mol. The van der Waals surface area contributed by atoms with Gasteiger partial charge in [-0.05, 0) is 36.8 Å². The Morgan fingerprint density at radius 2 is 1.67 bits per heavy atom. The molecule has 0 atom stereocenters. The molecule has 6 aromatic rings. The third-order valence-electron chi connectivity index (χ3n) is 7.41. The molecular formula is C33H29N3O6S. The van der Waals surface area contributed by atoms with Crippen molar-refractivity contribution in [1.82, 2.24) is 10.3 Å². The predicted molar refractivity (Wildman–Crippen MR) is 168 cm³/mol. The van der Waals surface area contributed by atoms with Gasteiger partial charge in [-0.2, -0.15) is 0 Å². The highest BCUT2D eigenvalue weighted by atomic mass is 32.2. The third kappa shape index (κ3) is 5.10. The van der Waals surface area contributed by atoms with Crippen molar-refractivity contribution in [2.75, 3.05) is 31.8 Å². The molecule has 0 saturated carbocycles. The molecule has 0 aliphatic carbocycles. The zero-order valence-electron chi connectivity index (χ0n) is 24.3. The number of benzene rings is 3. The van der Waals surface area contributed by atoms with Crippen LogP contribution in [-0.4, -0.2) is 46.8 Å². The van der Waals surface area contributed by atoms with Crippen LogP contribution < -0.4 is 14.4 Å². The fourth-order valence-corrected chi connectivity index (χ4v) is 5.57. The number of pyridine rings is 1. The monoisotopic (exact) mass is 595 g/mol. The van der Waals surface area contributed by atoms with E-state index in [1.807, 2.05) is 67.6 Å². The number of amides is 1. The minimum absolute atomic E-state index is 0.306. The van der Waals surface area contributed by atoms with Crippen LogP contribution in [0.15, 0.2) is 87.7 Å². The molecule has 1 amide bonds. The highest BCUT2D eigenvalue weighted by Crippen LogP contribution is 2.42. The van der Waals surface area contributed by atoms with Crippen molar-refractivity contribution < 1.29 is 26.8 Å². The van der Waals surface area contributed by atoms with Crippen LogP contribution in [0.3, 0.4) is 0 Å². The molecule has 0 unspecified atom stereocenters. The number of hydrogen-bond acceptors (Lipinski definition) is 7. The van der Waals surface area contributed by atoms with E-state index in [0.29, 0.717) is 62.0 Å². The Bertz CT molecular complexity index is 2100. The summed E-state index contributed by atoms with van der Waals surface area (Å²) in [5.41, 5.74) is 5.18. The van der Waals surface area contributed by atoms with Crippen LogP contribution >= 0.6 is 0 Å². The van der Waals surface area contributed by atoms with E-state index >= 15 is 0 Å². The van der Waals surface area contributed by atoms with Crippen LogP contribution in [0, 0.1) is 6.92 Å². The molecule has 6 rings (SSSR count). The van der Waals surface area contributed by atoms with E-state index in [1.54, 1.807) is 25.2 Å². The number of carbonyl (C=O) groups excluding carboxylic acids is 1. The van der Waals surface area contributed by atoms with Gasteiger partial charge in [-0.1, -0.05) is 48.0 Å². The Labute approximate surface area is 248 Å². The van der Waals surface area contributed by atoms with E-state index in [1.165, 1.54) is 18.5 Å². The number of anilines is 1. The third-order valence-corrected chi connectivity index (χ3v) is 8.60.